The molecule has 0 aliphatic carbocycles. The average molecular weight is 2080 g/mol. The van der Waals surface area contributed by atoms with Gasteiger partial charge in [0.15, 0.2) is 0 Å². The summed E-state index contributed by atoms with van der Waals surface area (Å²) in [6.45, 7) is 6.58. The number of hydrogen-bond acceptors (Lipinski definition) is 14. The molecule has 0 aliphatic rings. The zero-order chi connectivity index (χ0) is 108. The Kier molecular flexibility index (Phi) is 72.2. The molecule has 0 spiro atoms. The highest BCUT2D eigenvalue weighted by Crippen LogP contribution is 2.27. The van der Waals surface area contributed by atoms with E-state index in [1.807, 2.05) is 92.4 Å². The first-order chi connectivity index (χ1) is 69.1. The second-order valence-electron chi connectivity index (χ2n) is 35.1. The standard InChI is InChI=1S/C18H27NO3.C16H22ClNO3.2C16H22FNO3.2C15H20ClNO3.C15H20FNO3/c1-15(2)19(16-11-7-6-8-12-16)17(20)13-9-4-3-5-10-14-18(21)22;1-18(14-11-9-13(17)10-12-14)15(19)7-5-3-2-4-6-8-16(20)21;1-18(14-10-8-7-9-13(14)17)15(19)11-5-3-2-4-6-12-16(20)21;1-18(14-11-9-13(17)10-12-14)15(19)7-5-3-2-4-6-8-16(20)21;1-17(13-10-8-12(16)9-11-13)14(18)6-4-2-3-5-7-15(19)20;1-2-17(13-10-8-12(16)9-11-13)14(18)6-4-3-5-7-15(19)20;1-17(13-10-8-12(16)9-11-13)14(18)6-4-2-3-5-7-15(19)20/h6-8,11-12,15H,3-5,9-10,13-14H2,1-2H3,(H,21,22);9-12H,2-8H2,1H3,(H,20,21);7-10H,2-6,11-12H2,1H3,(H,20,21);9-12H,2-8H2,1H3,(H,20,21);3*8-11H,2-7H2,1H3,(H,19,20). The van der Waals surface area contributed by atoms with E-state index in [-0.39, 0.29) is 104 Å². The Morgan fingerprint density at radius 3 is 0.676 bits per heavy atom. The quantitative estimate of drug-likeness (QED) is 0.0174. The second kappa shape index (κ2) is 80.1. The van der Waals surface area contributed by atoms with Crippen LogP contribution in [0.4, 0.5) is 53.0 Å². The number of carboxylic acids is 7. The van der Waals surface area contributed by atoms with Crippen LogP contribution in [-0.2, 0) is 67.1 Å². The first-order valence-electron chi connectivity index (χ1n) is 50.2. The van der Waals surface area contributed by atoms with Gasteiger partial charge in [-0.1, -0.05) is 174 Å². The molecular formula is C111H153Cl3F3N7O21. The molecule has 0 aromatic heterocycles. The molecule has 0 atom stereocenters. The summed E-state index contributed by atoms with van der Waals surface area (Å²) in [7, 11) is 8.43. The summed E-state index contributed by atoms with van der Waals surface area (Å²) in [5, 5.41) is 61.6. The highest BCUT2D eigenvalue weighted by molar-refractivity contribution is 6.31. The number of carbonyl (C=O) groups is 14. The lowest BCUT2D eigenvalue weighted by atomic mass is 10.1. The van der Waals surface area contributed by atoms with E-state index in [0.717, 1.165) is 183 Å². The Morgan fingerprint density at radius 2 is 0.434 bits per heavy atom. The Labute approximate surface area is 869 Å². The van der Waals surface area contributed by atoms with Crippen LogP contribution in [-0.4, -0.2) is 167 Å². The smallest absolute Gasteiger partial charge is 0.303 e. The minimum atomic E-state index is -0.785. The summed E-state index contributed by atoms with van der Waals surface area (Å²) in [6, 6.07) is 49.2. The molecule has 0 heterocycles. The van der Waals surface area contributed by atoms with Crippen LogP contribution in [0.1, 0.15) is 310 Å². The van der Waals surface area contributed by atoms with Crippen LogP contribution < -0.4 is 34.3 Å². The number of halogens is 6. The number of aliphatic carboxylic acids is 7. The first-order valence-corrected chi connectivity index (χ1v) is 51.3. The maximum absolute atomic E-state index is 13.6. The first kappa shape index (κ1) is 131. The van der Waals surface area contributed by atoms with Crippen LogP contribution >= 0.6 is 34.8 Å². The lowest BCUT2D eigenvalue weighted by Gasteiger charge is -2.27. The Hall–Kier alpha value is -12.2. The summed E-state index contributed by atoms with van der Waals surface area (Å²) >= 11 is 17.5. The van der Waals surface area contributed by atoms with Gasteiger partial charge in [0.1, 0.15) is 17.5 Å². The SMILES string of the molecule is CC(C)N(C(=O)CCCCCCCC(=O)O)c1ccccc1.CCN(C(=O)CCCCCC(=O)O)c1ccc(Cl)cc1.CN(C(=O)CCCCCCC(=O)O)c1ccc(Cl)cc1.CN(C(=O)CCCCCCC(=O)O)c1ccc(F)cc1.CN(C(=O)CCCCCCCC(=O)O)c1ccc(Cl)cc1.CN(C(=O)CCCCCCCC(=O)O)c1ccc(F)cc1.CN(C(=O)CCCCCCCC(=O)O)c1ccccc1F. The topological polar surface area (TPSA) is 403 Å². The Morgan fingerprint density at radius 1 is 0.234 bits per heavy atom. The van der Waals surface area contributed by atoms with Crippen molar-refractivity contribution in [2.45, 2.75) is 316 Å². The fourth-order valence-corrected chi connectivity index (χ4v) is 14.9. The van der Waals surface area contributed by atoms with Gasteiger partial charge in [-0.2, -0.15) is 0 Å². The second-order valence-corrected chi connectivity index (χ2v) is 36.5. The summed E-state index contributed by atoms with van der Waals surface area (Å²) in [4.78, 5) is 168. The van der Waals surface area contributed by atoms with Crippen molar-refractivity contribution in [1.82, 2.24) is 0 Å². The fourth-order valence-electron chi connectivity index (χ4n) is 14.5. The number of amides is 7. The van der Waals surface area contributed by atoms with Gasteiger partial charge in [0.2, 0.25) is 41.4 Å². The van der Waals surface area contributed by atoms with Gasteiger partial charge in [0.25, 0.3) is 0 Å². The van der Waals surface area contributed by atoms with Gasteiger partial charge in [-0.3, -0.25) is 67.1 Å². The molecule has 7 amide bonds. The van der Waals surface area contributed by atoms with E-state index in [2.05, 4.69) is 0 Å². The number of carbonyl (C=O) groups excluding carboxylic acids is 7. The number of benzene rings is 7. The van der Waals surface area contributed by atoms with E-state index in [1.165, 1.54) is 45.0 Å². The third-order valence-corrected chi connectivity index (χ3v) is 23.7. The minimum Gasteiger partial charge on any atom is -0.481 e. The van der Waals surface area contributed by atoms with Gasteiger partial charge in [-0.15, -0.1) is 0 Å². The van der Waals surface area contributed by atoms with E-state index in [9.17, 15) is 80.3 Å². The van der Waals surface area contributed by atoms with Crippen molar-refractivity contribution >= 4 is 158 Å². The van der Waals surface area contributed by atoms with Gasteiger partial charge in [0.05, 0.1) is 5.69 Å². The predicted octanol–water partition coefficient (Wildman–Crippen LogP) is 26.2. The van der Waals surface area contributed by atoms with Gasteiger partial charge in [0, 0.05) is 187 Å². The van der Waals surface area contributed by atoms with Crippen molar-refractivity contribution in [2.24, 2.45) is 0 Å². The molecule has 800 valence electrons. The van der Waals surface area contributed by atoms with Crippen LogP contribution in [0.2, 0.25) is 15.1 Å². The van der Waals surface area contributed by atoms with Crippen molar-refractivity contribution in [3.05, 3.63) is 208 Å². The molecule has 7 N–H and O–H groups in total. The third-order valence-electron chi connectivity index (χ3n) is 23.0. The molecule has 0 aliphatic heterocycles. The highest BCUT2D eigenvalue weighted by Gasteiger charge is 2.22. The van der Waals surface area contributed by atoms with Gasteiger partial charge >= 0.3 is 41.8 Å². The maximum Gasteiger partial charge on any atom is 0.303 e. The lowest BCUT2D eigenvalue weighted by molar-refractivity contribution is -0.138. The molecule has 0 saturated heterocycles. The molecule has 34 heteroatoms. The number of carboxylic acid groups (broad SMARTS) is 7. The molecule has 0 unspecified atom stereocenters. The third kappa shape index (κ3) is 65.0. The van der Waals surface area contributed by atoms with E-state index >= 15 is 0 Å². The summed E-state index contributed by atoms with van der Waals surface area (Å²) < 4.78 is 39.1. The molecule has 7 aromatic rings. The van der Waals surface area contributed by atoms with E-state index in [1.54, 1.807) is 129 Å². The van der Waals surface area contributed by atoms with Crippen LogP contribution in [0.5, 0.6) is 0 Å². The monoisotopic (exact) mass is 2080 g/mol. The van der Waals surface area contributed by atoms with Crippen LogP contribution in [0.3, 0.4) is 0 Å². The number of rotatable bonds is 61. The molecule has 7 aromatic carbocycles. The maximum atomic E-state index is 13.6. The molecule has 0 bridgehead atoms. The van der Waals surface area contributed by atoms with Crippen molar-refractivity contribution in [3.63, 3.8) is 0 Å². The van der Waals surface area contributed by atoms with Crippen molar-refractivity contribution in [1.29, 1.82) is 0 Å². The number of unbranched alkanes of at least 4 members (excludes halogenated alkanes) is 24. The molecule has 0 radical (unpaired) electrons. The van der Waals surface area contributed by atoms with Gasteiger partial charge in [-0.25, -0.2) is 13.2 Å². The zero-order valence-corrected chi connectivity index (χ0v) is 87.9. The summed E-state index contributed by atoms with van der Waals surface area (Å²) in [5.74, 6) is -6.12. The Balaban J connectivity index is 0.000000846. The fraction of sp³-hybridized carbons (Fsp3) is 0.495. The van der Waals surface area contributed by atoms with E-state index in [4.69, 9.17) is 70.5 Å². The molecule has 28 nitrogen and oxygen atoms in total. The number of anilines is 7. The zero-order valence-electron chi connectivity index (χ0n) is 85.6. The molecule has 0 saturated carbocycles. The van der Waals surface area contributed by atoms with E-state index in [0.29, 0.717) is 122 Å². The van der Waals surface area contributed by atoms with Crippen molar-refractivity contribution in [2.75, 3.05) is 76.1 Å². The lowest BCUT2D eigenvalue weighted by Crippen LogP contribution is -2.36. The number of nitrogens with zero attached hydrogens (tertiary/aromatic N) is 7. The molecule has 0 fully saturated rings. The largest absolute Gasteiger partial charge is 0.481 e. The molecular weight excluding hydrogens is 1930 g/mol. The predicted molar refractivity (Wildman–Crippen MR) is 569 cm³/mol. The van der Waals surface area contributed by atoms with Crippen molar-refractivity contribution in [3.8, 4) is 0 Å². The Bertz CT molecular complexity index is 4720. The van der Waals surface area contributed by atoms with Crippen LogP contribution in [0.25, 0.3) is 0 Å². The van der Waals surface area contributed by atoms with Gasteiger partial charge < -0.3 is 70.0 Å². The summed E-state index contributed by atoms with van der Waals surface area (Å²) in [5.41, 5.74) is 5.10. The van der Waals surface area contributed by atoms with Gasteiger partial charge in [-0.05, 0) is 256 Å². The number of hydrogen-bond donors (Lipinski definition) is 7. The normalized spacial score (nSPS) is 10.4. The summed E-state index contributed by atoms with van der Waals surface area (Å²) in [6.07, 6.45) is 30.2. The van der Waals surface area contributed by atoms with E-state index < -0.39 is 47.6 Å². The average Bonchev–Trinajstić information content (AvgIpc) is 0.864. The minimum absolute atomic E-state index is 0.00661. The number of para-hydroxylation sites is 2. The molecule has 7 rings (SSSR count). The highest BCUT2D eigenvalue weighted by atomic mass is 35.5. The van der Waals surface area contributed by atoms with Crippen molar-refractivity contribution < 1.29 is 116 Å². The van der Waals surface area contributed by atoms with Crippen LogP contribution in [0, 0.1) is 17.5 Å². The molecule has 145 heavy (non-hydrogen) atoms. The van der Waals surface area contributed by atoms with Crippen LogP contribution in [0.15, 0.2) is 176 Å².